The van der Waals surface area contributed by atoms with E-state index < -0.39 is 0 Å². The van der Waals surface area contributed by atoms with Gasteiger partial charge in [-0.1, -0.05) is 265 Å². The van der Waals surface area contributed by atoms with Crippen LogP contribution in [0.5, 0.6) is 0 Å². The Labute approximate surface area is 421 Å². The smallest absolute Gasteiger partial charge is 0.188 e. The van der Waals surface area contributed by atoms with E-state index in [1.807, 2.05) is 99.2 Å². The molecule has 0 amide bonds. The topological polar surface area (TPSA) is 52.7 Å². The molecule has 3 aromatic heterocycles. The molecule has 4 heteroatoms. The molecule has 6 aromatic carbocycles. The predicted octanol–water partition coefficient (Wildman–Crippen LogP) is 20.2. The third-order valence-corrected chi connectivity index (χ3v) is 10.1. The molecule has 0 unspecified atom stereocenters. The number of fused-ring (bicyclic) bond motifs is 4. The number of benzene rings is 6. The summed E-state index contributed by atoms with van der Waals surface area (Å²) in [6.07, 6.45) is 9.10. The van der Waals surface area contributed by atoms with Gasteiger partial charge in [0, 0.05) is 46.0 Å². The van der Waals surface area contributed by atoms with E-state index in [1.165, 1.54) is 54.5 Å². The molecule has 372 valence electrons. The first kappa shape index (κ1) is 64.7. The summed E-state index contributed by atoms with van der Waals surface area (Å²) in [6, 6.07) is 54.0. The van der Waals surface area contributed by atoms with Crippen molar-refractivity contribution in [3.05, 3.63) is 216 Å². The van der Waals surface area contributed by atoms with Gasteiger partial charge in [-0.05, 0) is 79.8 Å². The molecule has 0 saturated heterocycles. The number of hydrogen-bond donors (Lipinski definition) is 0. The lowest BCUT2D eigenvalue weighted by Crippen LogP contribution is -2.25. The number of aromatic nitrogens is 3. The van der Waals surface area contributed by atoms with Crippen LogP contribution in [0.25, 0.3) is 43.1 Å². The van der Waals surface area contributed by atoms with Gasteiger partial charge < -0.3 is 5.21 Å². The molecule has 9 aromatic rings. The van der Waals surface area contributed by atoms with Gasteiger partial charge in [0.05, 0.1) is 0 Å². The maximum atomic E-state index is 11.3. The van der Waals surface area contributed by atoms with Crippen molar-refractivity contribution in [2.75, 3.05) is 0 Å². The average molecular weight is 930 g/mol. The molecular weight excluding hydrogens is 839 g/mol. The quantitative estimate of drug-likeness (QED) is 0.131. The van der Waals surface area contributed by atoms with Crippen molar-refractivity contribution in [3.63, 3.8) is 0 Å². The minimum atomic E-state index is 0. The van der Waals surface area contributed by atoms with Crippen molar-refractivity contribution in [2.24, 2.45) is 5.92 Å². The Bertz CT molecular complexity index is 2570. The summed E-state index contributed by atoms with van der Waals surface area (Å²) in [6.45, 7) is 27.9. The number of nitrogens with zero attached hydrogens (tertiary/aromatic N) is 3. The van der Waals surface area contributed by atoms with E-state index in [1.54, 1.807) is 12.4 Å². The molecule has 9 rings (SSSR count). The van der Waals surface area contributed by atoms with Crippen LogP contribution in [-0.4, -0.2) is 9.97 Å². The Balaban J connectivity index is 0. The van der Waals surface area contributed by atoms with Crippen molar-refractivity contribution < 1.29 is 4.73 Å². The Morgan fingerprint density at radius 1 is 0.377 bits per heavy atom. The first-order valence-electron chi connectivity index (χ1n) is 23.5. The molecule has 3 heterocycles. The molecule has 0 spiro atoms. The highest BCUT2D eigenvalue weighted by molar-refractivity contribution is 5.86. The lowest BCUT2D eigenvalue weighted by molar-refractivity contribution is -0.604. The van der Waals surface area contributed by atoms with Crippen LogP contribution in [0.3, 0.4) is 0 Å². The fourth-order valence-electron chi connectivity index (χ4n) is 6.68. The molecule has 0 aliphatic heterocycles. The van der Waals surface area contributed by atoms with Crippen molar-refractivity contribution >= 4 is 43.1 Å². The van der Waals surface area contributed by atoms with E-state index in [0.29, 0.717) is 23.7 Å². The summed E-state index contributed by atoms with van der Waals surface area (Å²) in [5.74, 6) is 2.87. The molecule has 0 N–H and O–H groups in total. The number of hydrogen-bond acceptors (Lipinski definition) is 3. The normalized spacial score (nSPS) is 9.77. The van der Waals surface area contributed by atoms with Crippen LogP contribution in [0, 0.1) is 11.1 Å². The zero-order chi connectivity index (χ0) is 47.7. The maximum absolute atomic E-state index is 11.3. The molecule has 0 bridgehead atoms. The average Bonchev–Trinajstić information content (AvgIpc) is 3.32. The molecule has 0 fully saturated rings. The highest BCUT2D eigenvalue weighted by atomic mass is 16.5. The second-order valence-corrected chi connectivity index (χ2v) is 17.7. The first-order chi connectivity index (χ1) is 31.2. The Hall–Kier alpha value is -6.39. The van der Waals surface area contributed by atoms with Gasteiger partial charge in [-0.3, -0.25) is 9.97 Å². The molecule has 4 nitrogen and oxygen atoms in total. The van der Waals surface area contributed by atoms with Gasteiger partial charge in [0.25, 0.3) is 0 Å². The second kappa shape index (κ2) is 34.8. The molecular formula is C65H91N3O. The Morgan fingerprint density at radius 3 is 1.28 bits per heavy atom. The molecule has 0 aliphatic carbocycles. The van der Waals surface area contributed by atoms with Gasteiger partial charge in [0.15, 0.2) is 12.4 Å². The summed E-state index contributed by atoms with van der Waals surface area (Å²) in [5.41, 5.74) is 5.02. The monoisotopic (exact) mass is 930 g/mol. The molecule has 0 atom stereocenters. The van der Waals surface area contributed by atoms with Crippen LogP contribution < -0.4 is 4.73 Å². The lowest BCUT2D eigenvalue weighted by Gasteiger charge is -2.08. The zero-order valence-electron chi connectivity index (χ0n) is 41.5. The second-order valence-electron chi connectivity index (χ2n) is 17.7. The highest BCUT2D eigenvalue weighted by Gasteiger charge is 2.09. The third kappa shape index (κ3) is 22.1. The number of pyridine rings is 3. The van der Waals surface area contributed by atoms with E-state index in [-0.39, 0.29) is 29.7 Å². The van der Waals surface area contributed by atoms with E-state index in [2.05, 4.69) is 177 Å². The van der Waals surface area contributed by atoms with Gasteiger partial charge in [-0.25, -0.2) is 0 Å². The van der Waals surface area contributed by atoms with Crippen molar-refractivity contribution in [1.82, 2.24) is 9.97 Å². The van der Waals surface area contributed by atoms with Gasteiger partial charge in [-0.15, -0.1) is 0 Å². The van der Waals surface area contributed by atoms with Gasteiger partial charge in [0.2, 0.25) is 0 Å². The van der Waals surface area contributed by atoms with E-state index in [9.17, 15) is 5.21 Å². The van der Waals surface area contributed by atoms with E-state index in [0.717, 1.165) is 21.6 Å². The zero-order valence-corrected chi connectivity index (χ0v) is 41.5. The standard InChI is InChI=1S/C13H14.C12H13NO.2C12H13N.C6H6.C4H10.C2H6.4CH4/c1-10(2)12-8-7-11-5-3-4-6-13(11)9-12;1-9(2)12-8-13(14)7-10-5-3-4-6-11(10)12;1-9(2)12-8-13-7-10-5-3-4-6-11(10)12;1-9(2)12-7-10-5-3-4-6-11(10)8-13-12;1-2-4-6-5-3-1;1-4(2)3;1-2;;;;/h3-10H,1-2H3;3-9H,1-2H3;2*3-9H,1-2H3;1-6H;4H,1-3H3;1-2H3;4*1H4. The SMILES string of the molecule is C.C.C.C.CC.CC(C)C.CC(C)c1c[n+]([O-])cc2ccccc12.CC(C)c1cc2ccccc2cn1.CC(C)c1ccc2ccccc2c1.CC(C)c1cncc2ccccc12.c1ccccc1. The Kier molecular flexibility index (Phi) is 32.7. The van der Waals surface area contributed by atoms with E-state index in [4.69, 9.17) is 0 Å². The largest absolute Gasteiger partial charge is 0.619 e. The van der Waals surface area contributed by atoms with Crippen molar-refractivity contribution in [1.29, 1.82) is 0 Å². The third-order valence-electron chi connectivity index (χ3n) is 10.1. The van der Waals surface area contributed by atoms with Gasteiger partial charge in [-0.2, -0.15) is 4.73 Å². The van der Waals surface area contributed by atoms with Crippen LogP contribution >= 0.6 is 0 Å². The predicted molar refractivity (Wildman–Crippen MR) is 312 cm³/mol. The summed E-state index contributed by atoms with van der Waals surface area (Å²) >= 11 is 0. The lowest BCUT2D eigenvalue weighted by atomic mass is 9.99. The molecule has 0 radical (unpaired) electrons. The van der Waals surface area contributed by atoms with Crippen molar-refractivity contribution in [3.8, 4) is 0 Å². The van der Waals surface area contributed by atoms with Crippen LogP contribution in [-0.2, 0) is 0 Å². The molecule has 69 heavy (non-hydrogen) atoms. The minimum Gasteiger partial charge on any atom is -0.619 e. The van der Waals surface area contributed by atoms with Crippen LogP contribution in [0.15, 0.2) is 189 Å². The Morgan fingerprint density at radius 2 is 0.797 bits per heavy atom. The summed E-state index contributed by atoms with van der Waals surface area (Å²) in [5, 5.41) is 21.2. The summed E-state index contributed by atoms with van der Waals surface area (Å²) in [7, 11) is 0. The van der Waals surface area contributed by atoms with Crippen LogP contribution in [0.2, 0.25) is 0 Å². The molecule has 0 saturated carbocycles. The fraction of sp³-hybridized carbons (Fsp3) is 0.338. The maximum Gasteiger partial charge on any atom is 0.188 e. The number of rotatable bonds is 4. The van der Waals surface area contributed by atoms with Crippen LogP contribution in [0.1, 0.15) is 166 Å². The summed E-state index contributed by atoms with van der Waals surface area (Å²) < 4.78 is 0.887. The summed E-state index contributed by atoms with van der Waals surface area (Å²) in [4.78, 5) is 8.64. The van der Waals surface area contributed by atoms with Gasteiger partial charge >= 0.3 is 0 Å². The van der Waals surface area contributed by atoms with Crippen molar-refractivity contribution in [2.45, 2.75) is 143 Å². The van der Waals surface area contributed by atoms with Crippen LogP contribution in [0.4, 0.5) is 0 Å². The highest BCUT2D eigenvalue weighted by Crippen LogP contribution is 2.25. The molecule has 0 aliphatic rings. The fourth-order valence-corrected chi connectivity index (χ4v) is 6.68. The van der Waals surface area contributed by atoms with Gasteiger partial charge in [0.1, 0.15) is 0 Å². The van der Waals surface area contributed by atoms with E-state index >= 15 is 0 Å². The first-order valence-corrected chi connectivity index (χ1v) is 23.5. The minimum absolute atomic E-state index is 0.